The molecule has 23 heavy (non-hydrogen) atoms. The van der Waals surface area contributed by atoms with E-state index in [1.807, 2.05) is 0 Å². The van der Waals surface area contributed by atoms with Gasteiger partial charge in [-0.2, -0.15) is 12.7 Å². The van der Waals surface area contributed by atoms with Crippen molar-refractivity contribution in [3.05, 3.63) is 64.1 Å². The first-order valence-corrected chi connectivity index (χ1v) is 8.68. The van der Waals surface area contributed by atoms with Crippen molar-refractivity contribution in [2.75, 3.05) is 4.31 Å². The fraction of sp³-hybridized carbons (Fsp3) is 0.133. The van der Waals surface area contributed by atoms with Gasteiger partial charge >= 0.3 is 10.3 Å². The van der Waals surface area contributed by atoms with Crippen LogP contribution in [0.1, 0.15) is 12.5 Å². The summed E-state index contributed by atoms with van der Waals surface area (Å²) in [5.41, 5.74) is -1.09. The first kappa shape index (κ1) is 16.3. The van der Waals surface area contributed by atoms with E-state index < -0.39 is 21.8 Å². The molecule has 1 atom stereocenters. The topological polar surface area (TPSA) is 63.7 Å². The normalized spacial score (nSPS) is 23.3. The lowest BCUT2D eigenvalue weighted by molar-refractivity contribution is -0.128. The minimum absolute atomic E-state index is 0.164. The maximum absolute atomic E-state index is 12.8. The molecule has 120 valence electrons. The van der Waals surface area contributed by atoms with Gasteiger partial charge in [0.05, 0.1) is 5.69 Å². The fourth-order valence-corrected chi connectivity index (χ4v) is 4.01. The Bertz CT molecular complexity index is 865. The highest BCUT2D eigenvalue weighted by atomic mass is 35.5. The molecule has 5 nitrogen and oxygen atoms in total. The number of hydrogen-bond donors (Lipinski definition) is 0. The van der Waals surface area contributed by atoms with Crippen LogP contribution in [0.2, 0.25) is 10.0 Å². The van der Waals surface area contributed by atoms with E-state index in [2.05, 4.69) is 0 Å². The first-order chi connectivity index (χ1) is 10.7. The smallest absolute Gasteiger partial charge is 0.269 e. The molecule has 0 aliphatic carbocycles. The molecule has 0 spiro atoms. The highest BCUT2D eigenvalue weighted by molar-refractivity contribution is 7.89. The van der Waals surface area contributed by atoms with E-state index >= 15 is 0 Å². The standard InChI is InChI=1S/C15H11Cl2NO4S/c1-15(10-2-4-11(16)5-3-10)14(19)18(23(20,21)22-15)13-8-6-12(17)7-9-13/h2-9H,1H3. The average molecular weight is 372 g/mol. The van der Waals surface area contributed by atoms with Crippen molar-refractivity contribution in [2.24, 2.45) is 0 Å². The lowest BCUT2D eigenvalue weighted by Crippen LogP contribution is -2.36. The Morgan fingerprint density at radius 2 is 1.43 bits per heavy atom. The summed E-state index contributed by atoms with van der Waals surface area (Å²) in [6, 6.07) is 12.1. The zero-order valence-corrected chi connectivity index (χ0v) is 14.2. The van der Waals surface area contributed by atoms with Gasteiger partial charge in [0.2, 0.25) is 0 Å². The van der Waals surface area contributed by atoms with Crippen LogP contribution in [0.25, 0.3) is 0 Å². The number of carbonyl (C=O) groups excluding carboxylic acids is 1. The minimum Gasteiger partial charge on any atom is -0.269 e. The number of rotatable bonds is 2. The molecule has 0 aromatic heterocycles. The van der Waals surface area contributed by atoms with Crippen LogP contribution in [-0.2, 0) is 24.9 Å². The fourth-order valence-electron chi connectivity index (χ4n) is 2.34. The molecule has 8 heteroatoms. The van der Waals surface area contributed by atoms with Gasteiger partial charge in [0, 0.05) is 10.0 Å². The molecular formula is C15H11Cl2NO4S. The second kappa shape index (κ2) is 5.49. The molecule has 0 saturated carbocycles. The van der Waals surface area contributed by atoms with Crippen LogP contribution in [0, 0.1) is 0 Å². The van der Waals surface area contributed by atoms with E-state index in [-0.39, 0.29) is 5.69 Å². The molecule has 0 N–H and O–H groups in total. The summed E-state index contributed by atoms with van der Waals surface area (Å²) in [6.45, 7) is 1.41. The number of hydrogen-bond acceptors (Lipinski definition) is 4. The maximum Gasteiger partial charge on any atom is 0.370 e. The second-order valence-corrected chi connectivity index (χ2v) is 7.39. The lowest BCUT2D eigenvalue weighted by atomic mass is 9.95. The summed E-state index contributed by atoms with van der Waals surface area (Å²) in [5, 5.41) is 0.902. The third kappa shape index (κ3) is 2.72. The zero-order valence-electron chi connectivity index (χ0n) is 11.9. The van der Waals surface area contributed by atoms with E-state index in [1.165, 1.54) is 31.2 Å². The summed E-state index contributed by atoms with van der Waals surface area (Å²) in [7, 11) is -4.26. The number of anilines is 1. The van der Waals surface area contributed by atoms with Crippen molar-refractivity contribution in [3.8, 4) is 0 Å². The van der Waals surface area contributed by atoms with E-state index in [1.54, 1.807) is 24.3 Å². The quantitative estimate of drug-likeness (QED) is 0.809. The van der Waals surface area contributed by atoms with E-state index in [9.17, 15) is 13.2 Å². The maximum atomic E-state index is 12.8. The minimum atomic E-state index is -4.26. The zero-order chi connectivity index (χ0) is 16.8. The van der Waals surface area contributed by atoms with Crippen LogP contribution in [0.3, 0.4) is 0 Å². The predicted octanol–water partition coefficient (Wildman–Crippen LogP) is 3.52. The van der Waals surface area contributed by atoms with Gasteiger partial charge in [-0.3, -0.25) is 4.79 Å². The van der Waals surface area contributed by atoms with Crippen LogP contribution < -0.4 is 4.31 Å². The summed E-state index contributed by atoms with van der Waals surface area (Å²) in [6.07, 6.45) is 0. The van der Waals surface area contributed by atoms with Gasteiger partial charge in [-0.05, 0) is 48.9 Å². The largest absolute Gasteiger partial charge is 0.370 e. The van der Waals surface area contributed by atoms with E-state index in [4.69, 9.17) is 27.4 Å². The van der Waals surface area contributed by atoms with Crippen molar-refractivity contribution in [2.45, 2.75) is 12.5 Å². The molecule has 0 radical (unpaired) electrons. The Balaban J connectivity index is 2.09. The van der Waals surface area contributed by atoms with Gasteiger partial charge in [-0.15, -0.1) is 0 Å². The Labute approximate surface area is 143 Å². The SMILES string of the molecule is CC1(c2ccc(Cl)cc2)OS(=O)(=O)N(c2ccc(Cl)cc2)C1=O. The Kier molecular flexibility index (Phi) is 3.88. The third-order valence-electron chi connectivity index (χ3n) is 3.54. The van der Waals surface area contributed by atoms with Gasteiger partial charge in [0.15, 0.2) is 5.60 Å². The molecule has 0 bridgehead atoms. The molecule has 1 fully saturated rings. The van der Waals surface area contributed by atoms with E-state index in [0.717, 1.165) is 0 Å². The third-order valence-corrected chi connectivity index (χ3v) is 5.42. The molecular weight excluding hydrogens is 361 g/mol. The van der Waals surface area contributed by atoms with Crippen LogP contribution in [0.4, 0.5) is 5.69 Å². The van der Waals surface area contributed by atoms with Gasteiger partial charge in [-0.25, -0.2) is 4.18 Å². The molecule has 1 amide bonds. The molecule has 3 rings (SSSR count). The highest BCUT2D eigenvalue weighted by Gasteiger charge is 2.55. The van der Waals surface area contributed by atoms with Gasteiger partial charge in [0.1, 0.15) is 0 Å². The van der Waals surface area contributed by atoms with Crippen molar-refractivity contribution in [1.29, 1.82) is 0 Å². The number of nitrogens with zero attached hydrogens (tertiary/aromatic N) is 1. The van der Waals surface area contributed by atoms with Crippen LogP contribution >= 0.6 is 23.2 Å². The number of carbonyl (C=O) groups is 1. The van der Waals surface area contributed by atoms with Crippen LogP contribution in [-0.4, -0.2) is 14.3 Å². The molecule has 2 aromatic rings. The second-order valence-electron chi connectivity index (χ2n) is 5.13. The van der Waals surface area contributed by atoms with E-state index in [0.29, 0.717) is 19.9 Å². The molecule has 1 unspecified atom stereocenters. The summed E-state index contributed by atoms with van der Waals surface area (Å²) >= 11 is 11.6. The highest BCUT2D eigenvalue weighted by Crippen LogP contribution is 2.40. The molecule has 1 aliphatic rings. The summed E-state index contributed by atoms with van der Waals surface area (Å²) < 4.78 is 30.5. The van der Waals surface area contributed by atoms with Crippen LogP contribution in [0.5, 0.6) is 0 Å². The van der Waals surface area contributed by atoms with Gasteiger partial charge in [-0.1, -0.05) is 35.3 Å². The van der Waals surface area contributed by atoms with Crippen molar-refractivity contribution in [3.63, 3.8) is 0 Å². The Hall–Kier alpha value is -1.60. The van der Waals surface area contributed by atoms with Crippen molar-refractivity contribution < 1.29 is 17.4 Å². The molecule has 1 aliphatic heterocycles. The van der Waals surface area contributed by atoms with Crippen molar-refractivity contribution >= 4 is 45.1 Å². The van der Waals surface area contributed by atoms with Crippen molar-refractivity contribution in [1.82, 2.24) is 0 Å². The Morgan fingerprint density at radius 1 is 0.957 bits per heavy atom. The Morgan fingerprint density at radius 3 is 1.96 bits per heavy atom. The number of benzene rings is 2. The summed E-state index contributed by atoms with van der Waals surface area (Å²) in [4.78, 5) is 12.8. The summed E-state index contributed by atoms with van der Waals surface area (Å²) in [5.74, 6) is -0.706. The monoisotopic (exact) mass is 371 g/mol. The lowest BCUT2D eigenvalue weighted by Gasteiger charge is -2.19. The number of halogens is 2. The molecule has 1 saturated heterocycles. The number of amides is 1. The first-order valence-electron chi connectivity index (χ1n) is 6.56. The van der Waals surface area contributed by atoms with Gasteiger partial charge < -0.3 is 0 Å². The molecule has 1 heterocycles. The predicted molar refractivity (Wildman–Crippen MR) is 87.7 cm³/mol. The molecule has 2 aromatic carbocycles. The average Bonchev–Trinajstić information content (AvgIpc) is 2.67. The van der Waals surface area contributed by atoms with Gasteiger partial charge in [0.25, 0.3) is 5.91 Å². The van der Waals surface area contributed by atoms with Crippen LogP contribution in [0.15, 0.2) is 48.5 Å².